The Morgan fingerprint density at radius 2 is 1.87 bits per heavy atom. The first-order valence-electron chi connectivity index (χ1n) is 9.51. The molecule has 2 aromatic carbocycles. The molecule has 30 heavy (non-hydrogen) atoms. The van der Waals surface area contributed by atoms with Gasteiger partial charge in [0.05, 0.1) is 28.9 Å². The Morgan fingerprint density at radius 1 is 1.20 bits per heavy atom. The minimum absolute atomic E-state index is 0.0518. The number of anilines is 1. The van der Waals surface area contributed by atoms with E-state index in [4.69, 9.17) is 17.3 Å². The van der Waals surface area contributed by atoms with Crippen molar-refractivity contribution in [3.05, 3.63) is 58.6 Å². The number of Topliss-reactive ketones (excluding diaryl/α,β-unsaturated/α-hetero) is 1. The Bertz CT molecular complexity index is 1120. The fourth-order valence-corrected chi connectivity index (χ4v) is 5.28. The summed E-state index contributed by atoms with van der Waals surface area (Å²) in [6.07, 6.45) is -0.547. The first-order chi connectivity index (χ1) is 14.2. The SMILES string of the molecule is N[C@H]1CS(=O)(=O)c2ccc(C(=O)C[C@@H]3C[C@@H]3F)cc2N(Cc2ccc(Cl)cc2)C1=O. The summed E-state index contributed by atoms with van der Waals surface area (Å²) in [6, 6.07) is 9.70. The number of rotatable bonds is 5. The van der Waals surface area contributed by atoms with Crippen LogP contribution < -0.4 is 10.6 Å². The highest BCUT2D eigenvalue weighted by Crippen LogP contribution is 2.38. The Balaban J connectivity index is 1.76. The van der Waals surface area contributed by atoms with Gasteiger partial charge >= 0.3 is 0 Å². The Kier molecular flexibility index (Phi) is 5.42. The fourth-order valence-electron chi connectivity index (χ4n) is 3.59. The van der Waals surface area contributed by atoms with Crippen LogP contribution in [0.25, 0.3) is 0 Å². The summed E-state index contributed by atoms with van der Waals surface area (Å²) in [7, 11) is -3.83. The second-order valence-electron chi connectivity index (χ2n) is 7.76. The largest absolute Gasteiger partial charge is 0.319 e. The van der Waals surface area contributed by atoms with Crippen molar-refractivity contribution < 1.29 is 22.4 Å². The van der Waals surface area contributed by atoms with Crippen LogP contribution in [-0.4, -0.2) is 38.1 Å². The molecule has 0 bridgehead atoms. The first kappa shape index (κ1) is 21.0. The molecule has 0 aromatic heterocycles. The van der Waals surface area contributed by atoms with Gasteiger partial charge in [-0.1, -0.05) is 23.7 Å². The lowest BCUT2D eigenvalue weighted by Crippen LogP contribution is -2.45. The van der Waals surface area contributed by atoms with Crippen molar-refractivity contribution in [2.45, 2.75) is 36.5 Å². The molecule has 2 N–H and O–H groups in total. The van der Waals surface area contributed by atoms with Gasteiger partial charge in [0, 0.05) is 22.9 Å². The van der Waals surface area contributed by atoms with Crippen LogP contribution in [0.3, 0.4) is 0 Å². The number of hydrogen-bond donors (Lipinski definition) is 1. The number of fused-ring (bicyclic) bond motifs is 1. The number of amides is 1. The van der Waals surface area contributed by atoms with Gasteiger partial charge in [-0.3, -0.25) is 9.59 Å². The number of ketones is 1. The van der Waals surface area contributed by atoms with Crippen LogP contribution in [0.5, 0.6) is 0 Å². The molecule has 1 heterocycles. The number of carbonyl (C=O) groups is 2. The highest BCUT2D eigenvalue weighted by atomic mass is 35.5. The van der Waals surface area contributed by atoms with Crippen molar-refractivity contribution in [3.63, 3.8) is 0 Å². The zero-order valence-electron chi connectivity index (χ0n) is 15.9. The summed E-state index contributed by atoms with van der Waals surface area (Å²) in [4.78, 5) is 26.8. The number of sulfone groups is 1. The van der Waals surface area contributed by atoms with Crippen molar-refractivity contribution in [1.82, 2.24) is 0 Å². The zero-order chi connectivity index (χ0) is 21.6. The summed E-state index contributed by atoms with van der Waals surface area (Å²) in [5.41, 5.74) is 6.97. The van der Waals surface area contributed by atoms with Crippen LogP contribution >= 0.6 is 11.6 Å². The highest BCUT2D eigenvalue weighted by Gasteiger charge is 2.40. The Hall–Kier alpha value is -2.29. The summed E-state index contributed by atoms with van der Waals surface area (Å²) in [6.45, 7) is 0.0685. The molecule has 158 valence electrons. The predicted octanol–water partition coefficient (Wildman–Crippen LogP) is 2.92. The van der Waals surface area contributed by atoms with Gasteiger partial charge in [0.2, 0.25) is 5.91 Å². The van der Waals surface area contributed by atoms with Gasteiger partial charge in [0.15, 0.2) is 15.6 Å². The molecule has 1 saturated carbocycles. The average Bonchev–Trinajstić information content (AvgIpc) is 3.40. The number of carbonyl (C=O) groups excluding carboxylic acids is 2. The Morgan fingerprint density at radius 3 is 2.50 bits per heavy atom. The summed E-state index contributed by atoms with van der Waals surface area (Å²) >= 11 is 5.92. The van der Waals surface area contributed by atoms with E-state index in [0.717, 1.165) is 5.56 Å². The number of benzene rings is 2. The summed E-state index contributed by atoms with van der Waals surface area (Å²) < 4.78 is 38.8. The van der Waals surface area contributed by atoms with E-state index in [-0.39, 0.29) is 40.8 Å². The van der Waals surface area contributed by atoms with Crippen LogP contribution in [0.1, 0.15) is 28.8 Å². The van der Waals surface area contributed by atoms with Gasteiger partial charge in [0.1, 0.15) is 6.17 Å². The minimum Gasteiger partial charge on any atom is -0.319 e. The zero-order valence-corrected chi connectivity index (χ0v) is 17.5. The van der Waals surface area contributed by atoms with Gasteiger partial charge in [0.25, 0.3) is 0 Å². The van der Waals surface area contributed by atoms with Crippen molar-refractivity contribution in [2.75, 3.05) is 10.7 Å². The van der Waals surface area contributed by atoms with Crippen LogP contribution in [-0.2, 0) is 21.2 Å². The molecule has 1 amide bonds. The molecule has 6 nitrogen and oxygen atoms in total. The van der Waals surface area contributed by atoms with Gasteiger partial charge in [-0.2, -0.15) is 0 Å². The van der Waals surface area contributed by atoms with Crippen molar-refractivity contribution >= 4 is 38.8 Å². The van der Waals surface area contributed by atoms with Crippen LogP contribution in [0.15, 0.2) is 47.4 Å². The van der Waals surface area contributed by atoms with Crippen LogP contribution in [0.2, 0.25) is 5.02 Å². The molecule has 0 unspecified atom stereocenters. The average molecular weight is 451 g/mol. The third kappa shape index (κ3) is 4.12. The third-order valence-corrected chi connectivity index (χ3v) is 7.49. The van der Waals surface area contributed by atoms with Crippen LogP contribution in [0, 0.1) is 5.92 Å². The van der Waals surface area contributed by atoms with E-state index in [2.05, 4.69) is 0 Å². The number of halogens is 2. The maximum Gasteiger partial charge on any atom is 0.245 e. The maximum atomic E-state index is 13.2. The van der Waals surface area contributed by atoms with Crippen molar-refractivity contribution in [1.29, 1.82) is 0 Å². The smallest absolute Gasteiger partial charge is 0.245 e. The van der Waals surface area contributed by atoms with Gasteiger partial charge in [-0.05, 0) is 42.3 Å². The van der Waals surface area contributed by atoms with Gasteiger partial charge in [-0.15, -0.1) is 0 Å². The van der Waals surface area contributed by atoms with E-state index in [0.29, 0.717) is 11.4 Å². The molecule has 0 radical (unpaired) electrons. The number of hydrogen-bond acceptors (Lipinski definition) is 5. The molecule has 0 saturated heterocycles. The fraction of sp³-hybridized carbons (Fsp3) is 0.333. The van der Waals surface area contributed by atoms with Crippen molar-refractivity contribution in [2.24, 2.45) is 11.7 Å². The second kappa shape index (κ2) is 7.76. The van der Waals surface area contributed by atoms with Crippen molar-refractivity contribution in [3.8, 4) is 0 Å². The first-order valence-corrected chi connectivity index (χ1v) is 11.5. The summed E-state index contributed by atoms with van der Waals surface area (Å²) in [5, 5.41) is 0.528. The highest BCUT2D eigenvalue weighted by molar-refractivity contribution is 7.91. The van der Waals surface area contributed by atoms with E-state index in [1.807, 2.05) is 0 Å². The van der Waals surface area contributed by atoms with Crippen LogP contribution in [0.4, 0.5) is 10.1 Å². The molecule has 9 heteroatoms. The monoisotopic (exact) mass is 450 g/mol. The molecule has 4 rings (SSSR count). The predicted molar refractivity (Wildman–Crippen MR) is 111 cm³/mol. The molecular formula is C21H20ClFN2O4S. The molecule has 0 spiro atoms. The third-order valence-electron chi connectivity index (χ3n) is 5.43. The maximum absolute atomic E-state index is 13.2. The normalized spacial score (nSPS) is 24.8. The number of nitrogens with two attached hydrogens (primary N) is 1. The van der Waals surface area contributed by atoms with Gasteiger partial charge in [-0.25, -0.2) is 12.8 Å². The number of alkyl halides is 1. The molecule has 1 aliphatic heterocycles. The lowest BCUT2D eigenvalue weighted by atomic mass is 10.0. The molecule has 2 aliphatic rings. The van der Waals surface area contributed by atoms with Gasteiger partial charge < -0.3 is 10.6 Å². The van der Waals surface area contributed by atoms with E-state index >= 15 is 0 Å². The molecule has 1 fully saturated rings. The molecule has 2 aromatic rings. The molecule has 1 aliphatic carbocycles. The molecule has 3 atom stereocenters. The lowest BCUT2D eigenvalue weighted by Gasteiger charge is -2.24. The quantitative estimate of drug-likeness (QED) is 0.706. The minimum atomic E-state index is -3.83. The second-order valence-corrected chi connectivity index (χ2v) is 10.2. The summed E-state index contributed by atoms with van der Waals surface area (Å²) in [5.74, 6) is -1.65. The van der Waals surface area contributed by atoms with E-state index < -0.39 is 33.7 Å². The number of nitrogens with zero attached hydrogens (tertiary/aromatic N) is 1. The lowest BCUT2D eigenvalue weighted by molar-refractivity contribution is -0.119. The standard InChI is InChI=1S/C21H20ClFN2O4S/c22-15-4-1-12(2-5-15)10-25-18-8-13(19(26)9-14-7-16(14)23)3-6-20(18)30(28,29)11-17(24)21(25)27/h1-6,8,14,16-17H,7,9-11,24H2/t14-,16-,17-/m0/s1. The van der Waals surface area contributed by atoms with E-state index in [9.17, 15) is 22.4 Å². The van der Waals surface area contributed by atoms with E-state index in [1.165, 1.54) is 23.1 Å². The molecular weight excluding hydrogens is 431 g/mol. The van der Waals surface area contributed by atoms with E-state index in [1.54, 1.807) is 24.3 Å². The Labute approximate surface area is 178 Å². The topological polar surface area (TPSA) is 97.5 Å².